The Kier molecular flexibility index (Phi) is 7.37. The van der Waals surface area contributed by atoms with Gasteiger partial charge in [-0.1, -0.05) is 12.1 Å². The maximum atomic E-state index is 11.1. The fourth-order valence-corrected chi connectivity index (χ4v) is 2.97. The second-order valence-corrected chi connectivity index (χ2v) is 6.59. The zero-order valence-corrected chi connectivity index (χ0v) is 16.1. The van der Waals surface area contributed by atoms with E-state index in [0.717, 1.165) is 12.3 Å². The van der Waals surface area contributed by atoms with Crippen molar-refractivity contribution in [3.8, 4) is 5.75 Å². The highest BCUT2D eigenvalue weighted by molar-refractivity contribution is 5.86. The van der Waals surface area contributed by atoms with Crippen molar-refractivity contribution in [1.82, 2.24) is 14.9 Å². The quantitative estimate of drug-likeness (QED) is 0.406. The summed E-state index contributed by atoms with van der Waals surface area (Å²) in [6.07, 6.45) is 8.68. The number of aromatic nitrogens is 2. The largest absolute Gasteiger partial charge is 0.492 e. The molecule has 28 heavy (non-hydrogen) atoms. The summed E-state index contributed by atoms with van der Waals surface area (Å²) < 4.78 is 10.3. The highest BCUT2D eigenvalue weighted by Crippen LogP contribution is 2.16. The van der Waals surface area contributed by atoms with E-state index in [1.54, 1.807) is 18.5 Å². The number of hydrogen-bond donors (Lipinski definition) is 1. The van der Waals surface area contributed by atoms with Crippen LogP contribution in [0.3, 0.4) is 0 Å². The van der Waals surface area contributed by atoms with Gasteiger partial charge < -0.3 is 14.8 Å². The van der Waals surface area contributed by atoms with Crippen molar-refractivity contribution in [2.75, 3.05) is 38.7 Å². The Morgan fingerprint density at radius 2 is 1.96 bits per heavy atom. The van der Waals surface area contributed by atoms with E-state index in [2.05, 4.69) is 37.1 Å². The average Bonchev–Trinajstić information content (AvgIpc) is 3.24. The second-order valence-electron chi connectivity index (χ2n) is 6.59. The molecule has 1 aliphatic rings. The SMILES string of the molecule is COC(=O)/C=C/c1cnc(NCCOc2ccc(CN3CCCC3)cc2)cn1. The molecule has 1 aliphatic heterocycles. The van der Waals surface area contributed by atoms with Crippen molar-refractivity contribution in [1.29, 1.82) is 0 Å². The molecule has 1 saturated heterocycles. The molecule has 1 N–H and O–H groups in total. The number of hydrogen-bond acceptors (Lipinski definition) is 7. The van der Waals surface area contributed by atoms with Gasteiger partial charge in [0.15, 0.2) is 0 Å². The number of benzene rings is 1. The van der Waals surface area contributed by atoms with Gasteiger partial charge in [0.05, 0.1) is 31.7 Å². The van der Waals surface area contributed by atoms with Crippen LogP contribution in [0.15, 0.2) is 42.7 Å². The van der Waals surface area contributed by atoms with E-state index >= 15 is 0 Å². The number of esters is 1. The monoisotopic (exact) mass is 382 g/mol. The number of likely N-dealkylation sites (tertiary alicyclic amines) is 1. The normalized spacial score (nSPS) is 14.3. The zero-order valence-electron chi connectivity index (χ0n) is 16.1. The van der Waals surface area contributed by atoms with Crippen LogP contribution in [0, 0.1) is 0 Å². The van der Waals surface area contributed by atoms with E-state index in [1.165, 1.54) is 44.7 Å². The van der Waals surface area contributed by atoms with Gasteiger partial charge in [-0.3, -0.25) is 9.88 Å². The molecule has 1 aromatic heterocycles. The van der Waals surface area contributed by atoms with Crippen molar-refractivity contribution in [2.45, 2.75) is 19.4 Å². The molecule has 0 saturated carbocycles. The minimum absolute atomic E-state index is 0.426. The van der Waals surface area contributed by atoms with Crippen LogP contribution in [-0.2, 0) is 16.1 Å². The molecule has 0 radical (unpaired) electrons. The molecule has 0 spiro atoms. The summed E-state index contributed by atoms with van der Waals surface area (Å²) in [5.41, 5.74) is 1.91. The standard InChI is InChI=1S/C21H26N4O3/c1-27-21(26)9-6-18-14-24-20(15-23-18)22-10-13-28-19-7-4-17(5-8-19)16-25-11-2-3-12-25/h4-9,14-15H,2-3,10-13,16H2,1H3,(H,22,24)/b9-6+. The predicted octanol–water partition coefficient (Wildman–Crippen LogP) is 2.75. The van der Waals surface area contributed by atoms with Gasteiger partial charge in [0.25, 0.3) is 0 Å². The van der Waals surface area contributed by atoms with E-state index in [9.17, 15) is 4.79 Å². The molecule has 0 unspecified atom stereocenters. The Balaban J connectivity index is 1.37. The van der Waals surface area contributed by atoms with Crippen LogP contribution in [0.1, 0.15) is 24.1 Å². The van der Waals surface area contributed by atoms with E-state index in [4.69, 9.17) is 4.74 Å². The van der Waals surface area contributed by atoms with Crippen molar-refractivity contribution in [2.24, 2.45) is 0 Å². The van der Waals surface area contributed by atoms with E-state index < -0.39 is 5.97 Å². The highest BCUT2D eigenvalue weighted by Gasteiger charge is 2.11. The molecular formula is C21H26N4O3. The first kappa shape index (κ1) is 19.8. The highest BCUT2D eigenvalue weighted by atomic mass is 16.5. The molecule has 7 nitrogen and oxygen atoms in total. The molecule has 2 heterocycles. The van der Waals surface area contributed by atoms with Crippen molar-refractivity contribution >= 4 is 17.9 Å². The third-order valence-electron chi connectivity index (χ3n) is 4.47. The van der Waals surface area contributed by atoms with Crippen LogP contribution in [0.4, 0.5) is 5.82 Å². The molecule has 0 bridgehead atoms. The molecule has 0 amide bonds. The first-order valence-electron chi connectivity index (χ1n) is 9.49. The lowest BCUT2D eigenvalue weighted by Crippen LogP contribution is -2.18. The number of carbonyl (C=O) groups excluding carboxylic acids is 1. The molecule has 1 fully saturated rings. The fraction of sp³-hybridized carbons (Fsp3) is 0.381. The van der Waals surface area contributed by atoms with Crippen LogP contribution in [0.5, 0.6) is 5.75 Å². The summed E-state index contributed by atoms with van der Waals surface area (Å²) in [5, 5.41) is 3.16. The number of nitrogens with zero attached hydrogens (tertiary/aromatic N) is 3. The van der Waals surface area contributed by atoms with Crippen LogP contribution in [0.2, 0.25) is 0 Å². The van der Waals surface area contributed by atoms with Crippen molar-refractivity contribution in [3.05, 3.63) is 54.0 Å². The Bertz CT molecular complexity index is 769. The molecule has 148 valence electrons. The minimum Gasteiger partial charge on any atom is -0.492 e. The number of ether oxygens (including phenoxy) is 2. The van der Waals surface area contributed by atoms with E-state index in [-0.39, 0.29) is 0 Å². The van der Waals surface area contributed by atoms with Crippen LogP contribution in [0.25, 0.3) is 6.08 Å². The van der Waals surface area contributed by atoms with Crippen LogP contribution in [-0.4, -0.2) is 54.2 Å². The van der Waals surface area contributed by atoms with E-state index in [0.29, 0.717) is 24.7 Å². The van der Waals surface area contributed by atoms with Gasteiger partial charge in [-0.2, -0.15) is 0 Å². The Morgan fingerprint density at radius 1 is 1.18 bits per heavy atom. The molecule has 0 atom stereocenters. The minimum atomic E-state index is -0.426. The maximum absolute atomic E-state index is 11.1. The number of rotatable bonds is 9. The average molecular weight is 382 g/mol. The van der Waals surface area contributed by atoms with Gasteiger partial charge >= 0.3 is 5.97 Å². The summed E-state index contributed by atoms with van der Waals surface area (Å²) in [6.45, 7) is 4.56. The topological polar surface area (TPSA) is 76.6 Å². The van der Waals surface area contributed by atoms with Crippen LogP contribution >= 0.6 is 0 Å². The number of carbonyl (C=O) groups is 1. The number of nitrogens with one attached hydrogen (secondary N) is 1. The van der Waals surface area contributed by atoms with E-state index in [1.807, 2.05) is 12.1 Å². The third-order valence-corrected chi connectivity index (χ3v) is 4.47. The molecule has 0 aliphatic carbocycles. The molecular weight excluding hydrogens is 356 g/mol. The lowest BCUT2D eigenvalue weighted by molar-refractivity contribution is -0.134. The Labute approximate surface area is 165 Å². The zero-order chi connectivity index (χ0) is 19.6. The van der Waals surface area contributed by atoms with Gasteiger partial charge in [0, 0.05) is 12.6 Å². The number of anilines is 1. The maximum Gasteiger partial charge on any atom is 0.330 e. The summed E-state index contributed by atoms with van der Waals surface area (Å²) in [6, 6.07) is 8.31. The van der Waals surface area contributed by atoms with Crippen molar-refractivity contribution in [3.63, 3.8) is 0 Å². The summed E-state index contributed by atoms with van der Waals surface area (Å²) in [7, 11) is 1.33. The van der Waals surface area contributed by atoms with Gasteiger partial charge in [-0.25, -0.2) is 9.78 Å². The third kappa shape index (κ3) is 6.35. The fourth-order valence-electron chi connectivity index (χ4n) is 2.97. The van der Waals surface area contributed by atoms with Gasteiger partial charge in [-0.15, -0.1) is 0 Å². The van der Waals surface area contributed by atoms with Gasteiger partial charge in [-0.05, 0) is 49.7 Å². The molecule has 3 rings (SSSR count). The van der Waals surface area contributed by atoms with Crippen LogP contribution < -0.4 is 10.1 Å². The Morgan fingerprint density at radius 3 is 2.64 bits per heavy atom. The first-order valence-corrected chi connectivity index (χ1v) is 9.49. The molecule has 2 aromatic rings. The smallest absolute Gasteiger partial charge is 0.330 e. The predicted molar refractivity (Wildman–Crippen MR) is 108 cm³/mol. The lowest BCUT2D eigenvalue weighted by atomic mass is 10.2. The summed E-state index contributed by atoms with van der Waals surface area (Å²) in [5.74, 6) is 1.09. The summed E-state index contributed by atoms with van der Waals surface area (Å²) in [4.78, 5) is 22.0. The Hall–Kier alpha value is -2.93. The van der Waals surface area contributed by atoms with Gasteiger partial charge in [0.2, 0.25) is 0 Å². The summed E-state index contributed by atoms with van der Waals surface area (Å²) >= 11 is 0. The van der Waals surface area contributed by atoms with Crippen molar-refractivity contribution < 1.29 is 14.3 Å². The van der Waals surface area contributed by atoms with Gasteiger partial charge in [0.1, 0.15) is 18.2 Å². The second kappa shape index (κ2) is 10.4. The molecule has 7 heteroatoms. The first-order chi connectivity index (χ1) is 13.7. The molecule has 1 aromatic carbocycles. The number of methoxy groups -OCH3 is 1. The lowest BCUT2D eigenvalue weighted by Gasteiger charge is -2.15.